The average molecular weight is 322 g/mol. The van der Waals surface area contributed by atoms with E-state index >= 15 is 0 Å². The Kier molecular flexibility index (Phi) is 6.80. The molecule has 0 spiro atoms. The number of rotatable bonds is 7. The number of anilines is 2. The molecule has 1 unspecified atom stereocenters. The predicted molar refractivity (Wildman–Crippen MR) is 78.6 cm³/mol. The number of hydrogen-bond donors (Lipinski definition) is 3. The largest absolute Gasteiger partial charge is 0.399 e. The van der Waals surface area contributed by atoms with Gasteiger partial charge in [-0.05, 0) is 25.1 Å². The fourth-order valence-corrected chi connectivity index (χ4v) is 2.02. The molecule has 0 aliphatic rings. The van der Waals surface area contributed by atoms with Crippen LogP contribution in [0.3, 0.4) is 0 Å². The molecule has 0 radical (unpaired) electrons. The van der Waals surface area contributed by atoms with E-state index in [-0.39, 0.29) is 18.2 Å². The Morgan fingerprint density at radius 1 is 1.52 bits per heavy atom. The van der Waals surface area contributed by atoms with Crippen LogP contribution in [0.25, 0.3) is 0 Å². The normalized spacial score (nSPS) is 12.7. The molecule has 0 aliphatic carbocycles. The lowest BCUT2D eigenvalue weighted by molar-refractivity contribution is -0.121. The number of hydrogen-bond acceptors (Lipinski definition) is 4. The summed E-state index contributed by atoms with van der Waals surface area (Å²) < 4.78 is 25.0. The molecule has 1 aromatic rings. The van der Waals surface area contributed by atoms with Crippen molar-refractivity contribution < 1.29 is 18.7 Å². The highest BCUT2D eigenvalue weighted by atomic mass is 35.5. The van der Waals surface area contributed by atoms with Crippen molar-refractivity contribution in [3.63, 3.8) is 0 Å². The van der Waals surface area contributed by atoms with E-state index in [0.717, 1.165) is 0 Å². The van der Waals surface area contributed by atoms with Crippen molar-refractivity contribution in [3.8, 4) is 0 Å². The van der Waals surface area contributed by atoms with E-state index in [2.05, 4.69) is 5.32 Å². The molecule has 0 fully saturated rings. The van der Waals surface area contributed by atoms with Gasteiger partial charge in [0.1, 0.15) is 0 Å². The van der Waals surface area contributed by atoms with Gasteiger partial charge in [0, 0.05) is 12.2 Å². The second-order valence-corrected chi connectivity index (χ2v) is 4.92. The number of aliphatic hydroxyl groups excluding tert-OH is 1. The molecule has 0 aromatic heterocycles. The lowest BCUT2D eigenvalue weighted by Gasteiger charge is -2.27. The van der Waals surface area contributed by atoms with E-state index in [1.54, 1.807) is 6.07 Å². The smallest absolute Gasteiger partial charge is 0.251 e. The Morgan fingerprint density at radius 2 is 2.19 bits per heavy atom. The number of nitrogens with zero attached hydrogens (tertiary/aromatic N) is 1. The number of carbonyl (C=O) groups excluding carboxylic acids is 1. The fourth-order valence-electron chi connectivity index (χ4n) is 1.78. The standard InChI is InChI=1S/C13H18ClF2N3O2/c1-8(19(4-5-20)7-12(15)16)13(21)18-11-3-2-9(17)6-10(11)14/h2-3,6,8,12,20H,4-5,7,17H2,1H3,(H,18,21). The molecule has 0 bridgehead atoms. The number of aliphatic hydroxyl groups is 1. The minimum atomic E-state index is -2.59. The van der Waals surface area contributed by atoms with Crippen LogP contribution in [-0.4, -0.2) is 48.1 Å². The molecular formula is C13H18ClF2N3O2. The molecule has 1 amide bonds. The Morgan fingerprint density at radius 3 is 2.71 bits per heavy atom. The highest BCUT2D eigenvalue weighted by molar-refractivity contribution is 6.34. The van der Waals surface area contributed by atoms with Crippen molar-refractivity contribution in [1.82, 2.24) is 4.90 Å². The van der Waals surface area contributed by atoms with Crippen molar-refractivity contribution in [2.75, 3.05) is 30.7 Å². The molecule has 21 heavy (non-hydrogen) atoms. The zero-order valence-electron chi connectivity index (χ0n) is 11.5. The summed E-state index contributed by atoms with van der Waals surface area (Å²) in [5.74, 6) is -0.490. The van der Waals surface area contributed by atoms with E-state index in [0.29, 0.717) is 11.4 Å². The summed E-state index contributed by atoms with van der Waals surface area (Å²) in [5.41, 5.74) is 6.34. The molecule has 0 heterocycles. The summed E-state index contributed by atoms with van der Waals surface area (Å²) in [5, 5.41) is 11.7. The Balaban J connectivity index is 2.75. The topological polar surface area (TPSA) is 78.6 Å². The van der Waals surface area contributed by atoms with Crippen molar-refractivity contribution in [2.45, 2.75) is 19.4 Å². The van der Waals surface area contributed by atoms with E-state index in [4.69, 9.17) is 22.4 Å². The Labute approximate surface area is 126 Å². The highest BCUT2D eigenvalue weighted by Gasteiger charge is 2.24. The van der Waals surface area contributed by atoms with Crippen molar-refractivity contribution in [2.24, 2.45) is 0 Å². The summed E-state index contributed by atoms with van der Waals surface area (Å²) in [6, 6.07) is 3.74. The van der Waals surface area contributed by atoms with Crippen LogP contribution < -0.4 is 11.1 Å². The Bertz CT molecular complexity index is 488. The van der Waals surface area contributed by atoms with Gasteiger partial charge in [0.15, 0.2) is 0 Å². The molecular weight excluding hydrogens is 304 g/mol. The molecule has 1 rings (SSSR count). The van der Waals surface area contributed by atoms with Gasteiger partial charge in [0.05, 0.1) is 29.9 Å². The number of halogens is 3. The maximum absolute atomic E-state index is 12.5. The molecule has 5 nitrogen and oxygen atoms in total. The third kappa shape index (κ3) is 5.45. The molecule has 1 aromatic carbocycles. The molecule has 0 aliphatic heterocycles. The molecule has 4 N–H and O–H groups in total. The van der Waals surface area contributed by atoms with Crippen molar-refractivity contribution >= 4 is 28.9 Å². The van der Waals surface area contributed by atoms with Crippen LogP contribution in [0.2, 0.25) is 5.02 Å². The number of carbonyl (C=O) groups is 1. The van der Waals surface area contributed by atoms with Crippen LogP contribution >= 0.6 is 11.6 Å². The van der Waals surface area contributed by atoms with Gasteiger partial charge in [-0.2, -0.15) is 0 Å². The van der Waals surface area contributed by atoms with E-state index in [1.807, 2.05) is 0 Å². The van der Waals surface area contributed by atoms with E-state index in [1.165, 1.54) is 24.0 Å². The summed E-state index contributed by atoms with van der Waals surface area (Å²) in [6.07, 6.45) is -2.59. The summed E-state index contributed by atoms with van der Waals surface area (Å²) in [6.45, 7) is 0.560. The first-order valence-electron chi connectivity index (χ1n) is 6.34. The SMILES string of the molecule is CC(C(=O)Nc1ccc(N)cc1Cl)N(CCO)CC(F)F. The van der Waals surface area contributed by atoms with Gasteiger partial charge in [-0.3, -0.25) is 9.69 Å². The monoisotopic (exact) mass is 321 g/mol. The van der Waals surface area contributed by atoms with Gasteiger partial charge in [0.2, 0.25) is 5.91 Å². The average Bonchev–Trinajstić information content (AvgIpc) is 2.40. The number of alkyl halides is 2. The number of amides is 1. The van der Waals surface area contributed by atoms with Gasteiger partial charge >= 0.3 is 0 Å². The zero-order valence-corrected chi connectivity index (χ0v) is 12.3. The van der Waals surface area contributed by atoms with Crippen LogP contribution in [0.4, 0.5) is 20.2 Å². The van der Waals surface area contributed by atoms with Crippen LogP contribution in [0.1, 0.15) is 6.92 Å². The van der Waals surface area contributed by atoms with Crippen LogP contribution in [0, 0.1) is 0 Å². The maximum atomic E-state index is 12.5. The minimum absolute atomic E-state index is 0.0194. The Hall–Kier alpha value is -1.44. The van der Waals surface area contributed by atoms with E-state index in [9.17, 15) is 13.6 Å². The van der Waals surface area contributed by atoms with Gasteiger partial charge in [-0.25, -0.2) is 8.78 Å². The van der Waals surface area contributed by atoms with Gasteiger partial charge in [-0.15, -0.1) is 0 Å². The van der Waals surface area contributed by atoms with Gasteiger partial charge in [0.25, 0.3) is 6.43 Å². The van der Waals surface area contributed by atoms with Crippen LogP contribution in [0.5, 0.6) is 0 Å². The number of benzene rings is 1. The van der Waals surface area contributed by atoms with Crippen molar-refractivity contribution in [3.05, 3.63) is 23.2 Å². The van der Waals surface area contributed by atoms with E-state index < -0.39 is 24.9 Å². The molecule has 118 valence electrons. The minimum Gasteiger partial charge on any atom is -0.399 e. The second-order valence-electron chi connectivity index (χ2n) is 4.51. The predicted octanol–water partition coefficient (Wildman–Crippen LogP) is 1.81. The molecule has 8 heteroatoms. The maximum Gasteiger partial charge on any atom is 0.251 e. The summed E-state index contributed by atoms with van der Waals surface area (Å²) in [7, 11) is 0. The van der Waals surface area contributed by atoms with Crippen LogP contribution in [0.15, 0.2) is 18.2 Å². The van der Waals surface area contributed by atoms with Crippen molar-refractivity contribution in [1.29, 1.82) is 0 Å². The quantitative estimate of drug-likeness (QED) is 0.669. The second kappa shape index (κ2) is 8.11. The first-order valence-corrected chi connectivity index (χ1v) is 6.72. The first-order chi connectivity index (χ1) is 9.85. The zero-order chi connectivity index (χ0) is 16.0. The first kappa shape index (κ1) is 17.6. The summed E-state index contributed by atoms with van der Waals surface area (Å²) >= 11 is 5.94. The third-order valence-electron chi connectivity index (χ3n) is 2.94. The number of nitrogen functional groups attached to an aromatic ring is 1. The lowest BCUT2D eigenvalue weighted by atomic mass is 10.2. The van der Waals surface area contributed by atoms with Crippen LogP contribution in [-0.2, 0) is 4.79 Å². The number of nitrogens with one attached hydrogen (secondary N) is 1. The number of nitrogens with two attached hydrogens (primary N) is 1. The lowest BCUT2D eigenvalue weighted by Crippen LogP contribution is -2.45. The molecule has 1 atom stereocenters. The molecule has 0 saturated carbocycles. The molecule has 0 saturated heterocycles. The highest BCUT2D eigenvalue weighted by Crippen LogP contribution is 2.24. The third-order valence-corrected chi connectivity index (χ3v) is 3.25. The summed E-state index contributed by atoms with van der Waals surface area (Å²) in [4.78, 5) is 13.3. The van der Waals surface area contributed by atoms with Gasteiger partial charge in [-0.1, -0.05) is 11.6 Å². The van der Waals surface area contributed by atoms with Gasteiger partial charge < -0.3 is 16.2 Å². The fraction of sp³-hybridized carbons (Fsp3) is 0.462.